The maximum Gasteiger partial charge on any atom is 0.407 e. The Labute approximate surface area is 69.3 Å². The number of hydrogen-bond donors (Lipinski definition) is 1. The minimum Gasteiger partial charge on any atom is -0.450 e. The van der Waals surface area contributed by atoms with Crippen molar-refractivity contribution in [3.63, 3.8) is 0 Å². The number of halogens is 1. The van der Waals surface area contributed by atoms with E-state index >= 15 is 0 Å². The van der Waals surface area contributed by atoms with E-state index in [2.05, 4.69) is 26.0 Å². The van der Waals surface area contributed by atoms with E-state index in [0.29, 0.717) is 6.61 Å². The maximum absolute atomic E-state index is 10.7. The van der Waals surface area contributed by atoms with E-state index in [1.54, 1.807) is 6.92 Å². The first-order valence-corrected chi connectivity index (χ1v) is 4.32. The summed E-state index contributed by atoms with van der Waals surface area (Å²) in [7, 11) is 0. The summed E-state index contributed by atoms with van der Waals surface area (Å²) in [6.45, 7) is 4.09. The molecule has 60 valence electrons. The van der Waals surface area contributed by atoms with Gasteiger partial charge in [0.15, 0.2) is 0 Å². The second-order valence-electron chi connectivity index (χ2n) is 1.92. The minimum atomic E-state index is -0.352. The standard InChI is InChI=1S/C6H12BrNO2/c1-3-10-6(9)8-5(2)4-7/h5H,3-4H2,1-2H3,(H,8,9). The van der Waals surface area contributed by atoms with Gasteiger partial charge in [-0.1, -0.05) is 15.9 Å². The van der Waals surface area contributed by atoms with E-state index in [4.69, 9.17) is 0 Å². The molecule has 1 N–H and O–H groups in total. The van der Waals surface area contributed by atoms with Crippen LogP contribution in [0, 0.1) is 0 Å². The minimum absolute atomic E-state index is 0.124. The molecule has 0 radical (unpaired) electrons. The van der Waals surface area contributed by atoms with Crippen molar-refractivity contribution in [2.45, 2.75) is 19.9 Å². The van der Waals surface area contributed by atoms with Crippen LogP contribution in [0.1, 0.15) is 13.8 Å². The van der Waals surface area contributed by atoms with Crippen LogP contribution in [-0.2, 0) is 4.74 Å². The summed E-state index contributed by atoms with van der Waals surface area (Å²) in [5.74, 6) is 0. The first-order valence-electron chi connectivity index (χ1n) is 3.20. The lowest BCUT2D eigenvalue weighted by Gasteiger charge is -2.09. The van der Waals surface area contributed by atoms with E-state index in [9.17, 15) is 4.79 Å². The highest BCUT2D eigenvalue weighted by atomic mass is 79.9. The van der Waals surface area contributed by atoms with Gasteiger partial charge in [-0.25, -0.2) is 4.79 Å². The molecule has 0 aliphatic rings. The fraction of sp³-hybridized carbons (Fsp3) is 0.833. The Bertz CT molecular complexity index is 108. The summed E-state index contributed by atoms with van der Waals surface area (Å²) >= 11 is 3.22. The van der Waals surface area contributed by atoms with Gasteiger partial charge in [0.25, 0.3) is 0 Å². The molecule has 0 saturated carbocycles. The lowest BCUT2D eigenvalue weighted by atomic mass is 10.4. The van der Waals surface area contributed by atoms with Crippen LogP contribution in [0.5, 0.6) is 0 Å². The van der Waals surface area contributed by atoms with Gasteiger partial charge in [0.1, 0.15) is 0 Å². The Morgan fingerprint density at radius 2 is 2.40 bits per heavy atom. The largest absolute Gasteiger partial charge is 0.450 e. The van der Waals surface area contributed by atoms with Crippen LogP contribution in [0.3, 0.4) is 0 Å². The Kier molecular flexibility index (Phi) is 5.39. The molecular weight excluding hydrogens is 198 g/mol. The Hall–Kier alpha value is -0.250. The van der Waals surface area contributed by atoms with Crippen molar-refractivity contribution in [1.82, 2.24) is 5.32 Å². The number of ether oxygens (including phenoxy) is 1. The molecule has 0 saturated heterocycles. The van der Waals surface area contributed by atoms with Gasteiger partial charge >= 0.3 is 6.09 Å². The number of carbonyl (C=O) groups is 1. The average molecular weight is 210 g/mol. The molecule has 0 aliphatic carbocycles. The molecule has 0 fully saturated rings. The van der Waals surface area contributed by atoms with Crippen LogP contribution in [0.2, 0.25) is 0 Å². The highest BCUT2D eigenvalue weighted by Gasteiger charge is 2.04. The van der Waals surface area contributed by atoms with Gasteiger partial charge in [0.05, 0.1) is 6.61 Å². The van der Waals surface area contributed by atoms with E-state index in [1.807, 2.05) is 6.92 Å². The predicted molar refractivity (Wildman–Crippen MR) is 43.4 cm³/mol. The van der Waals surface area contributed by atoms with Crippen molar-refractivity contribution in [2.24, 2.45) is 0 Å². The van der Waals surface area contributed by atoms with Crippen molar-refractivity contribution < 1.29 is 9.53 Å². The van der Waals surface area contributed by atoms with Crippen molar-refractivity contribution in [2.75, 3.05) is 11.9 Å². The summed E-state index contributed by atoms with van der Waals surface area (Å²) in [5, 5.41) is 3.36. The van der Waals surface area contributed by atoms with Gasteiger partial charge in [-0.2, -0.15) is 0 Å². The Morgan fingerprint density at radius 3 is 2.80 bits per heavy atom. The van der Waals surface area contributed by atoms with Gasteiger partial charge in [0.2, 0.25) is 0 Å². The quantitative estimate of drug-likeness (QED) is 0.717. The fourth-order valence-corrected chi connectivity index (χ4v) is 0.574. The lowest BCUT2D eigenvalue weighted by Crippen LogP contribution is -2.33. The molecule has 0 aliphatic heterocycles. The predicted octanol–water partition coefficient (Wildman–Crippen LogP) is 1.52. The van der Waals surface area contributed by atoms with Crippen molar-refractivity contribution in [3.05, 3.63) is 0 Å². The molecule has 10 heavy (non-hydrogen) atoms. The third-order valence-electron chi connectivity index (χ3n) is 0.871. The third-order valence-corrected chi connectivity index (χ3v) is 1.84. The van der Waals surface area contributed by atoms with Crippen molar-refractivity contribution in [3.8, 4) is 0 Å². The van der Waals surface area contributed by atoms with Crippen molar-refractivity contribution in [1.29, 1.82) is 0 Å². The number of rotatable bonds is 3. The monoisotopic (exact) mass is 209 g/mol. The fourth-order valence-electron chi connectivity index (χ4n) is 0.413. The van der Waals surface area contributed by atoms with Crippen LogP contribution in [0.4, 0.5) is 4.79 Å². The summed E-state index contributed by atoms with van der Waals surface area (Å²) in [6, 6.07) is 0.124. The number of alkyl halides is 1. The second kappa shape index (κ2) is 5.53. The molecular formula is C6H12BrNO2. The van der Waals surface area contributed by atoms with E-state index in [0.717, 1.165) is 5.33 Å². The lowest BCUT2D eigenvalue weighted by molar-refractivity contribution is 0.150. The summed E-state index contributed by atoms with van der Waals surface area (Å²) < 4.78 is 4.64. The molecule has 1 amide bonds. The van der Waals surface area contributed by atoms with Gasteiger partial charge in [0, 0.05) is 11.4 Å². The molecule has 1 unspecified atom stereocenters. The Morgan fingerprint density at radius 1 is 1.80 bits per heavy atom. The number of nitrogens with one attached hydrogen (secondary N) is 1. The summed E-state index contributed by atoms with van der Waals surface area (Å²) in [5.41, 5.74) is 0. The maximum atomic E-state index is 10.7. The molecule has 4 heteroatoms. The summed E-state index contributed by atoms with van der Waals surface area (Å²) in [4.78, 5) is 10.7. The van der Waals surface area contributed by atoms with Crippen LogP contribution in [0.25, 0.3) is 0 Å². The molecule has 3 nitrogen and oxygen atoms in total. The van der Waals surface area contributed by atoms with Crippen LogP contribution in [-0.4, -0.2) is 24.1 Å². The summed E-state index contributed by atoms with van der Waals surface area (Å²) in [6.07, 6.45) is -0.352. The molecule has 0 aromatic heterocycles. The average Bonchev–Trinajstić information content (AvgIpc) is 1.88. The van der Waals surface area contributed by atoms with Crippen molar-refractivity contribution >= 4 is 22.0 Å². The number of alkyl carbamates (subject to hydrolysis) is 1. The van der Waals surface area contributed by atoms with Gasteiger partial charge in [-0.3, -0.25) is 0 Å². The Balaban J connectivity index is 3.37. The highest BCUT2D eigenvalue weighted by Crippen LogP contribution is 1.89. The van der Waals surface area contributed by atoms with E-state index in [-0.39, 0.29) is 12.1 Å². The van der Waals surface area contributed by atoms with Gasteiger partial charge in [-0.15, -0.1) is 0 Å². The first kappa shape index (κ1) is 9.75. The van der Waals surface area contributed by atoms with Crippen LogP contribution in [0.15, 0.2) is 0 Å². The number of hydrogen-bond acceptors (Lipinski definition) is 2. The second-order valence-corrected chi connectivity index (χ2v) is 2.57. The zero-order valence-electron chi connectivity index (χ0n) is 6.19. The molecule has 0 spiro atoms. The highest BCUT2D eigenvalue weighted by molar-refractivity contribution is 9.09. The van der Waals surface area contributed by atoms with Gasteiger partial charge in [-0.05, 0) is 13.8 Å². The normalized spacial score (nSPS) is 12.3. The SMILES string of the molecule is CCOC(=O)NC(C)CBr. The van der Waals surface area contributed by atoms with E-state index < -0.39 is 0 Å². The van der Waals surface area contributed by atoms with E-state index in [1.165, 1.54) is 0 Å². The van der Waals surface area contributed by atoms with Crippen LogP contribution >= 0.6 is 15.9 Å². The zero-order valence-corrected chi connectivity index (χ0v) is 7.77. The molecule has 0 heterocycles. The first-order chi connectivity index (χ1) is 4.70. The smallest absolute Gasteiger partial charge is 0.407 e. The van der Waals surface area contributed by atoms with Crippen LogP contribution < -0.4 is 5.32 Å². The molecule has 0 aromatic rings. The zero-order chi connectivity index (χ0) is 7.98. The molecule has 0 bridgehead atoms. The topological polar surface area (TPSA) is 38.3 Å². The number of carbonyl (C=O) groups excluding carboxylic acids is 1. The third kappa shape index (κ3) is 4.61. The molecule has 1 atom stereocenters. The van der Waals surface area contributed by atoms with Gasteiger partial charge < -0.3 is 10.1 Å². The molecule has 0 rings (SSSR count). The number of amides is 1. The molecule has 0 aromatic carbocycles.